The molecule has 20 heavy (non-hydrogen) atoms. The zero-order chi connectivity index (χ0) is 14.4. The predicted octanol–water partition coefficient (Wildman–Crippen LogP) is 2.00. The molecule has 5 heteroatoms. The second-order valence-electron chi connectivity index (χ2n) is 4.33. The van der Waals surface area contributed by atoms with E-state index in [0.717, 1.165) is 5.56 Å². The molecule has 0 aliphatic heterocycles. The minimum Gasteiger partial charge on any atom is -0.493 e. The van der Waals surface area contributed by atoms with Gasteiger partial charge in [-0.1, -0.05) is 30.3 Å². The molecule has 2 aromatic carbocycles. The van der Waals surface area contributed by atoms with Crippen molar-refractivity contribution in [2.24, 2.45) is 5.73 Å². The van der Waals surface area contributed by atoms with Gasteiger partial charge < -0.3 is 10.5 Å². The second-order valence-corrected chi connectivity index (χ2v) is 6.44. The maximum atomic E-state index is 12.0. The van der Waals surface area contributed by atoms with Gasteiger partial charge in [-0.3, -0.25) is 0 Å². The number of ether oxygens (including phenoxy) is 1. The highest BCUT2D eigenvalue weighted by Gasteiger charge is 2.13. The maximum absolute atomic E-state index is 12.0. The molecule has 2 rings (SSSR count). The number of hydrogen-bond acceptors (Lipinski definition) is 4. The Kier molecular flexibility index (Phi) is 4.76. The normalized spacial score (nSPS) is 11.2. The van der Waals surface area contributed by atoms with Gasteiger partial charge in [-0.15, -0.1) is 0 Å². The van der Waals surface area contributed by atoms with Crippen LogP contribution in [0.5, 0.6) is 5.75 Å². The van der Waals surface area contributed by atoms with E-state index in [4.69, 9.17) is 10.5 Å². The molecule has 0 saturated heterocycles. The molecule has 106 valence electrons. The molecule has 0 heterocycles. The lowest BCUT2D eigenvalue weighted by atomic mass is 10.2. The van der Waals surface area contributed by atoms with Gasteiger partial charge >= 0.3 is 0 Å². The van der Waals surface area contributed by atoms with E-state index in [-0.39, 0.29) is 12.4 Å². The van der Waals surface area contributed by atoms with Gasteiger partial charge in [-0.2, -0.15) is 0 Å². The number of sulfone groups is 1. The number of rotatable bonds is 6. The van der Waals surface area contributed by atoms with Crippen LogP contribution in [0.15, 0.2) is 59.5 Å². The van der Waals surface area contributed by atoms with Crippen LogP contribution in [0.1, 0.15) is 5.56 Å². The van der Waals surface area contributed by atoms with Crippen LogP contribution in [0, 0.1) is 0 Å². The highest BCUT2D eigenvalue weighted by atomic mass is 32.2. The highest BCUT2D eigenvalue weighted by molar-refractivity contribution is 7.91. The van der Waals surface area contributed by atoms with Crippen molar-refractivity contribution in [3.05, 3.63) is 60.2 Å². The van der Waals surface area contributed by atoms with E-state index >= 15 is 0 Å². The first-order valence-corrected chi connectivity index (χ1v) is 7.97. The van der Waals surface area contributed by atoms with Crippen molar-refractivity contribution < 1.29 is 13.2 Å². The van der Waals surface area contributed by atoms with E-state index < -0.39 is 9.84 Å². The third kappa shape index (κ3) is 3.82. The number of nitrogens with two attached hydrogens (primary N) is 1. The summed E-state index contributed by atoms with van der Waals surface area (Å²) in [6, 6.07) is 15.7. The van der Waals surface area contributed by atoms with E-state index in [1.165, 1.54) is 0 Å². The first-order chi connectivity index (χ1) is 9.62. The molecular weight excluding hydrogens is 274 g/mol. The Labute approximate surface area is 119 Å². The van der Waals surface area contributed by atoms with Crippen LogP contribution >= 0.6 is 0 Å². The highest BCUT2D eigenvalue weighted by Crippen LogP contribution is 2.13. The summed E-state index contributed by atoms with van der Waals surface area (Å²) < 4.78 is 29.5. The molecule has 0 aromatic heterocycles. The zero-order valence-electron chi connectivity index (χ0n) is 11.0. The van der Waals surface area contributed by atoms with Crippen molar-refractivity contribution in [1.29, 1.82) is 0 Å². The topological polar surface area (TPSA) is 69.4 Å². The van der Waals surface area contributed by atoms with Crippen LogP contribution in [-0.4, -0.2) is 20.8 Å². The average molecular weight is 291 g/mol. The van der Waals surface area contributed by atoms with Gasteiger partial charge in [0.05, 0.1) is 10.6 Å². The van der Waals surface area contributed by atoms with Crippen LogP contribution in [0.4, 0.5) is 0 Å². The summed E-state index contributed by atoms with van der Waals surface area (Å²) in [5.74, 6) is 0.598. The standard InChI is InChI=1S/C15H17NO3S/c16-12-13-6-8-14(9-7-13)19-10-11-20(17,18)15-4-2-1-3-5-15/h1-9H,10-12,16H2. The molecule has 0 fully saturated rings. The van der Waals surface area contributed by atoms with E-state index in [1.54, 1.807) is 42.5 Å². The summed E-state index contributed by atoms with van der Waals surface area (Å²) >= 11 is 0. The molecule has 4 nitrogen and oxygen atoms in total. The summed E-state index contributed by atoms with van der Waals surface area (Å²) in [4.78, 5) is 0.321. The van der Waals surface area contributed by atoms with Crippen LogP contribution in [-0.2, 0) is 16.4 Å². The van der Waals surface area contributed by atoms with Gasteiger partial charge in [-0.25, -0.2) is 8.42 Å². The van der Waals surface area contributed by atoms with Gasteiger partial charge in [0.2, 0.25) is 0 Å². The Morgan fingerprint density at radius 2 is 1.60 bits per heavy atom. The molecule has 0 aliphatic carbocycles. The number of hydrogen-bond donors (Lipinski definition) is 1. The third-order valence-corrected chi connectivity index (χ3v) is 4.58. The largest absolute Gasteiger partial charge is 0.493 e. The predicted molar refractivity (Wildman–Crippen MR) is 78.3 cm³/mol. The van der Waals surface area contributed by atoms with Crippen molar-refractivity contribution >= 4 is 9.84 Å². The molecule has 0 atom stereocenters. The maximum Gasteiger partial charge on any atom is 0.181 e. The lowest BCUT2D eigenvalue weighted by Crippen LogP contribution is -2.14. The van der Waals surface area contributed by atoms with Crippen LogP contribution < -0.4 is 10.5 Å². The minimum absolute atomic E-state index is 0.0460. The molecule has 0 saturated carbocycles. The lowest BCUT2D eigenvalue weighted by molar-refractivity contribution is 0.341. The Hall–Kier alpha value is -1.85. The fourth-order valence-electron chi connectivity index (χ4n) is 1.74. The van der Waals surface area contributed by atoms with Gasteiger partial charge in [-0.05, 0) is 29.8 Å². The molecule has 0 radical (unpaired) electrons. The molecule has 0 amide bonds. The molecule has 0 unspecified atom stereocenters. The minimum atomic E-state index is -3.29. The molecule has 0 bridgehead atoms. The van der Waals surface area contributed by atoms with Gasteiger partial charge in [0.1, 0.15) is 12.4 Å². The van der Waals surface area contributed by atoms with Crippen molar-refractivity contribution in [1.82, 2.24) is 0 Å². The van der Waals surface area contributed by atoms with Crippen molar-refractivity contribution in [3.63, 3.8) is 0 Å². The summed E-state index contributed by atoms with van der Waals surface area (Å²) in [5.41, 5.74) is 6.51. The Morgan fingerprint density at radius 3 is 2.20 bits per heavy atom. The van der Waals surface area contributed by atoms with Crippen molar-refractivity contribution in [2.75, 3.05) is 12.4 Å². The van der Waals surface area contributed by atoms with E-state index in [2.05, 4.69) is 0 Å². The summed E-state index contributed by atoms with van der Waals surface area (Å²) in [5, 5.41) is 0. The van der Waals surface area contributed by atoms with Crippen LogP contribution in [0.2, 0.25) is 0 Å². The summed E-state index contributed by atoms with van der Waals surface area (Å²) in [6.45, 7) is 0.599. The third-order valence-electron chi connectivity index (χ3n) is 2.88. The quantitative estimate of drug-likeness (QED) is 0.883. The van der Waals surface area contributed by atoms with Gasteiger partial charge in [0.15, 0.2) is 9.84 Å². The van der Waals surface area contributed by atoms with E-state index in [0.29, 0.717) is 17.2 Å². The number of benzene rings is 2. The van der Waals surface area contributed by atoms with E-state index in [9.17, 15) is 8.42 Å². The smallest absolute Gasteiger partial charge is 0.181 e. The fraction of sp³-hybridized carbons (Fsp3) is 0.200. The Bertz CT molecular complexity index is 637. The van der Waals surface area contributed by atoms with Crippen molar-refractivity contribution in [3.8, 4) is 5.75 Å². The SMILES string of the molecule is NCc1ccc(OCCS(=O)(=O)c2ccccc2)cc1. The second kappa shape index (κ2) is 6.54. The molecular formula is C15H17NO3S. The monoisotopic (exact) mass is 291 g/mol. The summed E-state index contributed by atoms with van der Waals surface area (Å²) in [7, 11) is -3.29. The Balaban J connectivity index is 1.92. The Morgan fingerprint density at radius 1 is 0.950 bits per heavy atom. The molecule has 2 aromatic rings. The van der Waals surface area contributed by atoms with E-state index in [1.807, 2.05) is 12.1 Å². The fourth-order valence-corrected chi connectivity index (χ4v) is 2.85. The zero-order valence-corrected chi connectivity index (χ0v) is 11.8. The lowest BCUT2D eigenvalue weighted by Gasteiger charge is -2.07. The average Bonchev–Trinajstić information content (AvgIpc) is 2.49. The summed E-state index contributed by atoms with van der Waals surface area (Å²) in [6.07, 6.45) is 0. The molecule has 0 aliphatic rings. The van der Waals surface area contributed by atoms with Gasteiger partial charge in [0.25, 0.3) is 0 Å². The van der Waals surface area contributed by atoms with Crippen LogP contribution in [0.3, 0.4) is 0 Å². The first kappa shape index (κ1) is 14.6. The molecule has 0 spiro atoms. The first-order valence-electron chi connectivity index (χ1n) is 6.31. The molecule has 2 N–H and O–H groups in total. The van der Waals surface area contributed by atoms with Crippen LogP contribution in [0.25, 0.3) is 0 Å². The van der Waals surface area contributed by atoms with Crippen molar-refractivity contribution in [2.45, 2.75) is 11.4 Å². The van der Waals surface area contributed by atoms with Gasteiger partial charge in [0, 0.05) is 6.54 Å².